The fourth-order valence-electron chi connectivity index (χ4n) is 0.648. The normalized spacial score (nSPS) is 15.2. The van der Waals surface area contributed by atoms with Crippen molar-refractivity contribution in [2.75, 3.05) is 6.26 Å². The minimum atomic E-state index is -3.14. The lowest BCUT2D eigenvalue weighted by Crippen LogP contribution is -2.48. The third-order valence-electron chi connectivity index (χ3n) is 2.19. The molecule has 4 heteroatoms. The van der Waals surface area contributed by atoms with Crippen molar-refractivity contribution in [2.45, 2.75) is 31.1 Å². The van der Waals surface area contributed by atoms with E-state index in [1.807, 2.05) is 0 Å². The summed E-state index contributed by atoms with van der Waals surface area (Å²) in [6.45, 7) is 3.18. The third kappa shape index (κ3) is 2.23. The molecule has 0 aliphatic heterocycles. The minimum Gasteiger partial charge on any atom is -0.326 e. The third-order valence-corrected chi connectivity index (χ3v) is 4.40. The highest BCUT2D eigenvalue weighted by Gasteiger charge is 2.36. The zero-order valence-electron chi connectivity index (χ0n) is 7.66. The van der Waals surface area contributed by atoms with E-state index in [4.69, 9.17) is 12.2 Å². The van der Waals surface area contributed by atoms with Gasteiger partial charge in [0.1, 0.15) is 0 Å². The zero-order valence-corrected chi connectivity index (χ0v) is 8.48. The van der Waals surface area contributed by atoms with Gasteiger partial charge in [-0.1, -0.05) is 0 Å². The van der Waals surface area contributed by atoms with Gasteiger partial charge in [-0.15, -0.1) is 12.3 Å². The van der Waals surface area contributed by atoms with E-state index in [1.165, 1.54) is 6.26 Å². The van der Waals surface area contributed by atoms with Gasteiger partial charge >= 0.3 is 0 Å². The molecule has 0 amide bonds. The molecule has 0 heterocycles. The van der Waals surface area contributed by atoms with Gasteiger partial charge in [0, 0.05) is 18.7 Å². The fraction of sp³-hybridized carbons (Fsp3) is 0.750. The molecular formula is C8H15NO2S. The second-order valence-corrected chi connectivity index (χ2v) is 5.99. The van der Waals surface area contributed by atoms with E-state index in [0.717, 1.165) is 0 Å². The van der Waals surface area contributed by atoms with E-state index in [-0.39, 0.29) is 6.42 Å². The average Bonchev–Trinajstić information content (AvgIpc) is 1.85. The Morgan fingerprint density at radius 1 is 1.58 bits per heavy atom. The number of sulfone groups is 1. The number of rotatable bonds is 3. The van der Waals surface area contributed by atoms with E-state index < -0.39 is 20.6 Å². The lowest BCUT2D eigenvalue weighted by atomic mass is 10.0. The van der Waals surface area contributed by atoms with Gasteiger partial charge in [-0.05, 0) is 13.8 Å². The quantitative estimate of drug-likeness (QED) is 0.643. The summed E-state index contributed by atoms with van der Waals surface area (Å²) in [6.07, 6.45) is 6.49. The summed E-state index contributed by atoms with van der Waals surface area (Å²) in [6, 6.07) is -0.502. The van der Waals surface area contributed by atoms with Crippen molar-refractivity contribution in [3.63, 3.8) is 0 Å². The summed E-state index contributed by atoms with van der Waals surface area (Å²) < 4.78 is 21.5. The van der Waals surface area contributed by atoms with Gasteiger partial charge in [-0.2, -0.15) is 0 Å². The molecule has 0 aliphatic rings. The predicted molar refractivity (Wildman–Crippen MR) is 50.3 cm³/mol. The molecule has 2 N–H and O–H groups in total. The molecule has 0 aliphatic carbocycles. The zero-order chi connectivity index (χ0) is 9.99. The van der Waals surface area contributed by atoms with Crippen LogP contribution in [0.15, 0.2) is 0 Å². The first-order valence-corrected chi connectivity index (χ1v) is 5.51. The highest BCUT2D eigenvalue weighted by atomic mass is 32.2. The van der Waals surface area contributed by atoms with E-state index in [1.54, 1.807) is 13.8 Å². The van der Waals surface area contributed by atoms with Crippen LogP contribution in [0.3, 0.4) is 0 Å². The molecule has 12 heavy (non-hydrogen) atoms. The van der Waals surface area contributed by atoms with Crippen LogP contribution in [0.25, 0.3) is 0 Å². The predicted octanol–water partition coefficient (Wildman–Crippen LogP) is 0.160. The number of hydrogen-bond acceptors (Lipinski definition) is 3. The second kappa shape index (κ2) is 3.46. The summed E-state index contributed by atoms with van der Waals surface area (Å²) >= 11 is 0. The van der Waals surface area contributed by atoms with Crippen molar-refractivity contribution in [3.05, 3.63) is 0 Å². The molecule has 0 spiro atoms. The molecule has 0 saturated heterocycles. The number of nitrogens with two attached hydrogens (primary N) is 1. The lowest BCUT2D eigenvalue weighted by molar-refractivity contribution is 0.490. The second-order valence-electron chi connectivity index (χ2n) is 3.39. The van der Waals surface area contributed by atoms with Crippen LogP contribution in [-0.4, -0.2) is 25.5 Å². The Hall–Kier alpha value is -0.530. The van der Waals surface area contributed by atoms with Crippen molar-refractivity contribution in [1.29, 1.82) is 0 Å². The first-order valence-electron chi connectivity index (χ1n) is 3.62. The SMILES string of the molecule is C#CCC(N)C(C)(C)S(C)(=O)=O. The highest BCUT2D eigenvalue weighted by Crippen LogP contribution is 2.20. The Morgan fingerprint density at radius 3 is 2.25 bits per heavy atom. The van der Waals surface area contributed by atoms with Crippen LogP contribution in [0.1, 0.15) is 20.3 Å². The maximum Gasteiger partial charge on any atom is 0.154 e. The Morgan fingerprint density at radius 2 is 2.00 bits per heavy atom. The standard InChI is InChI=1S/C8H15NO2S/c1-5-6-7(9)8(2,3)12(4,10)11/h1,7H,6,9H2,2-4H3. The summed E-state index contributed by atoms with van der Waals surface area (Å²) in [5, 5.41) is 0. The van der Waals surface area contributed by atoms with Gasteiger partial charge in [0.25, 0.3) is 0 Å². The first kappa shape index (κ1) is 11.5. The maximum absolute atomic E-state index is 11.2. The molecule has 0 rings (SSSR count). The Kier molecular flexibility index (Phi) is 3.31. The molecule has 0 aromatic heterocycles. The van der Waals surface area contributed by atoms with Crippen molar-refractivity contribution in [1.82, 2.24) is 0 Å². The number of terminal acetylenes is 1. The molecule has 0 fully saturated rings. The molecule has 3 nitrogen and oxygen atoms in total. The van der Waals surface area contributed by atoms with E-state index in [0.29, 0.717) is 0 Å². The molecule has 0 bridgehead atoms. The fourth-order valence-corrected chi connectivity index (χ4v) is 1.28. The van der Waals surface area contributed by atoms with Crippen LogP contribution in [0.5, 0.6) is 0 Å². The van der Waals surface area contributed by atoms with Crippen molar-refractivity contribution in [2.24, 2.45) is 5.73 Å². The van der Waals surface area contributed by atoms with Crippen LogP contribution in [0.4, 0.5) is 0 Å². The summed E-state index contributed by atoms with van der Waals surface area (Å²) in [5.41, 5.74) is 5.63. The molecule has 0 aromatic rings. The van der Waals surface area contributed by atoms with Gasteiger partial charge in [-0.25, -0.2) is 8.42 Å². The molecule has 0 radical (unpaired) electrons. The average molecular weight is 189 g/mol. The molecular weight excluding hydrogens is 174 g/mol. The summed E-state index contributed by atoms with van der Waals surface area (Å²) in [7, 11) is -3.14. The van der Waals surface area contributed by atoms with Gasteiger partial charge < -0.3 is 5.73 Å². The van der Waals surface area contributed by atoms with Crippen LogP contribution >= 0.6 is 0 Å². The lowest BCUT2D eigenvalue weighted by Gasteiger charge is -2.28. The minimum absolute atomic E-state index is 0.278. The summed E-state index contributed by atoms with van der Waals surface area (Å²) in [4.78, 5) is 0. The Bertz CT molecular complexity index is 285. The monoisotopic (exact) mass is 189 g/mol. The Balaban J connectivity index is 4.77. The van der Waals surface area contributed by atoms with Crippen LogP contribution < -0.4 is 5.73 Å². The smallest absolute Gasteiger partial charge is 0.154 e. The van der Waals surface area contributed by atoms with Crippen molar-refractivity contribution < 1.29 is 8.42 Å². The first-order chi connectivity index (χ1) is 5.23. The molecule has 0 aromatic carbocycles. The number of hydrogen-bond donors (Lipinski definition) is 1. The van der Waals surface area contributed by atoms with Crippen LogP contribution in [0.2, 0.25) is 0 Å². The molecule has 1 unspecified atom stereocenters. The summed E-state index contributed by atoms with van der Waals surface area (Å²) in [5.74, 6) is 2.36. The largest absolute Gasteiger partial charge is 0.326 e. The van der Waals surface area contributed by atoms with Crippen LogP contribution in [-0.2, 0) is 9.84 Å². The molecule has 70 valence electrons. The highest BCUT2D eigenvalue weighted by molar-refractivity contribution is 7.92. The van der Waals surface area contributed by atoms with E-state index in [2.05, 4.69) is 5.92 Å². The van der Waals surface area contributed by atoms with Crippen LogP contribution in [0, 0.1) is 12.3 Å². The van der Waals surface area contributed by atoms with Gasteiger partial charge in [0.15, 0.2) is 9.84 Å². The van der Waals surface area contributed by atoms with E-state index in [9.17, 15) is 8.42 Å². The van der Waals surface area contributed by atoms with Crippen molar-refractivity contribution in [3.8, 4) is 12.3 Å². The van der Waals surface area contributed by atoms with E-state index >= 15 is 0 Å². The maximum atomic E-state index is 11.2. The Labute approximate surface area is 74.3 Å². The van der Waals surface area contributed by atoms with Gasteiger partial charge in [-0.3, -0.25) is 0 Å². The van der Waals surface area contributed by atoms with Gasteiger partial charge in [0.2, 0.25) is 0 Å². The van der Waals surface area contributed by atoms with Crippen molar-refractivity contribution >= 4 is 9.84 Å². The van der Waals surface area contributed by atoms with Gasteiger partial charge in [0.05, 0.1) is 4.75 Å². The molecule has 0 saturated carbocycles. The topological polar surface area (TPSA) is 60.2 Å². The molecule has 1 atom stereocenters.